The number of ether oxygens (including phenoxy) is 1. The number of hydrogen-bond donors (Lipinski definition) is 1. The van der Waals surface area contributed by atoms with Crippen molar-refractivity contribution in [2.75, 3.05) is 11.4 Å². The lowest BCUT2D eigenvalue weighted by atomic mass is 9.83. The van der Waals surface area contributed by atoms with Gasteiger partial charge in [-0.2, -0.15) is 5.10 Å². The molecule has 1 unspecified atom stereocenters. The van der Waals surface area contributed by atoms with E-state index in [0.29, 0.717) is 24.0 Å². The van der Waals surface area contributed by atoms with E-state index in [9.17, 15) is 4.79 Å². The zero-order valence-electron chi connectivity index (χ0n) is 22.6. The normalized spacial score (nSPS) is 19.2. The second-order valence-corrected chi connectivity index (χ2v) is 11.8. The molecule has 3 aromatic carbocycles. The van der Waals surface area contributed by atoms with E-state index >= 15 is 0 Å². The minimum absolute atomic E-state index is 0.304. The van der Waals surface area contributed by atoms with Crippen LogP contribution in [0.1, 0.15) is 51.2 Å². The van der Waals surface area contributed by atoms with Gasteiger partial charge in [-0.1, -0.05) is 60.1 Å². The number of nitrogens with zero attached hydrogens (tertiary/aromatic N) is 3. The number of fused-ring (bicyclic) bond motifs is 4. The Morgan fingerprint density at radius 2 is 1.90 bits per heavy atom. The molecule has 0 radical (unpaired) electrons. The summed E-state index contributed by atoms with van der Waals surface area (Å²) in [6, 6.07) is 21.0. The molecule has 6 nitrogen and oxygen atoms in total. The number of amides is 1. The molecule has 1 atom stereocenters. The van der Waals surface area contributed by atoms with E-state index in [1.165, 1.54) is 21.9 Å². The third-order valence-electron chi connectivity index (χ3n) is 7.51. The first-order valence-corrected chi connectivity index (χ1v) is 13.9. The highest BCUT2D eigenvalue weighted by Crippen LogP contribution is 2.41. The third kappa shape index (κ3) is 5.13. The summed E-state index contributed by atoms with van der Waals surface area (Å²) in [5.41, 5.74) is 8.40. The van der Waals surface area contributed by atoms with Crippen LogP contribution in [0.4, 0.5) is 10.5 Å². The van der Waals surface area contributed by atoms with Crippen molar-refractivity contribution < 1.29 is 9.53 Å². The first-order valence-electron chi connectivity index (χ1n) is 13.5. The molecule has 0 fully saturated rings. The molecule has 2 aliphatic heterocycles. The molecule has 2 heterocycles. The van der Waals surface area contributed by atoms with Gasteiger partial charge in [0, 0.05) is 22.8 Å². The Kier molecular flexibility index (Phi) is 6.59. The number of benzene rings is 3. The van der Waals surface area contributed by atoms with Crippen LogP contribution in [0.2, 0.25) is 5.02 Å². The minimum atomic E-state index is -0.589. The number of hydrogen-bond acceptors (Lipinski definition) is 5. The van der Waals surface area contributed by atoms with Crippen LogP contribution in [0.25, 0.3) is 16.3 Å². The Labute approximate surface area is 234 Å². The third-order valence-corrected chi connectivity index (χ3v) is 7.75. The van der Waals surface area contributed by atoms with Gasteiger partial charge in [0.25, 0.3) is 0 Å². The van der Waals surface area contributed by atoms with Gasteiger partial charge in [0.1, 0.15) is 5.60 Å². The van der Waals surface area contributed by atoms with E-state index < -0.39 is 5.60 Å². The maximum Gasteiger partial charge on any atom is 0.411 e. The second-order valence-electron chi connectivity index (χ2n) is 11.4. The standard InChI is InChI=1S/C32H33ClN4O2/c1-32(2,3)39-31(38)36-19-24-17-25(33)15-16-28(24)37-29(18-34-35-30(37)20-36)23-13-11-22(12-14-23)27-10-6-8-21-7-4-5-9-26(21)27/h4-11,15-18,23,34H,12-14,19-20H2,1-3H3. The van der Waals surface area contributed by atoms with Crippen molar-refractivity contribution in [2.24, 2.45) is 11.0 Å². The summed E-state index contributed by atoms with van der Waals surface area (Å²) in [5, 5.41) is 7.83. The van der Waals surface area contributed by atoms with E-state index in [2.05, 4.69) is 64.0 Å². The van der Waals surface area contributed by atoms with Crippen molar-refractivity contribution in [1.82, 2.24) is 10.3 Å². The molecule has 39 heavy (non-hydrogen) atoms. The quantitative estimate of drug-likeness (QED) is 0.362. The van der Waals surface area contributed by atoms with Crippen LogP contribution in [0.3, 0.4) is 0 Å². The van der Waals surface area contributed by atoms with Crippen molar-refractivity contribution in [2.45, 2.75) is 52.2 Å². The molecule has 0 saturated heterocycles. The fourth-order valence-corrected chi connectivity index (χ4v) is 5.96. The predicted molar refractivity (Wildman–Crippen MR) is 158 cm³/mol. The number of rotatable bonds is 2. The molecule has 6 rings (SSSR count). The number of anilines is 1. The fraction of sp³-hybridized carbons (Fsp3) is 0.312. The average molecular weight is 541 g/mol. The molecule has 1 N–H and O–H groups in total. The molecule has 7 heteroatoms. The van der Waals surface area contributed by atoms with Crippen LogP contribution < -0.4 is 10.3 Å². The van der Waals surface area contributed by atoms with Crippen LogP contribution in [0, 0.1) is 5.92 Å². The number of nitrogens with one attached hydrogen (secondary N) is 1. The van der Waals surface area contributed by atoms with Crippen LogP contribution in [-0.2, 0) is 11.3 Å². The van der Waals surface area contributed by atoms with Crippen LogP contribution >= 0.6 is 11.6 Å². The van der Waals surface area contributed by atoms with Gasteiger partial charge in [-0.15, -0.1) is 0 Å². The zero-order chi connectivity index (χ0) is 27.1. The van der Waals surface area contributed by atoms with E-state index in [0.717, 1.165) is 42.0 Å². The molecule has 3 aromatic rings. The SMILES string of the molecule is CC(C)(C)OC(=O)N1CC2=NNC=C(C3CC=C(c4cccc5ccccc45)CC3)N2c2ccc(Cl)cc2C1. The minimum Gasteiger partial charge on any atom is -0.444 e. The van der Waals surface area contributed by atoms with E-state index in [1.54, 1.807) is 4.90 Å². The molecule has 0 saturated carbocycles. The summed E-state index contributed by atoms with van der Waals surface area (Å²) in [4.78, 5) is 17.1. The highest BCUT2D eigenvalue weighted by molar-refractivity contribution is 6.30. The van der Waals surface area contributed by atoms with Crippen LogP contribution in [-0.4, -0.2) is 29.0 Å². The van der Waals surface area contributed by atoms with Crippen molar-refractivity contribution >= 4 is 45.6 Å². The largest absolute Gasteiger partial charge is 0.444 e. The fourth-order valence-electron chi connectivity index (χ4n) is 5.76. The predicted octanol–water partition coefficient (Wildman–Crippen LogP) is 7.69. The number of allylic oxidation sites excluding steroid dienone is 3. The summed E-state index contributed by atoms with van der Waals surface area (Å²) in [6.45, 7) is 6.36. The van der Waals surface area contributed by atoms with Gasteiger partial charge in [-0.05, 0) is 85.7 Å². The molecular weight excluding hydrogens is 508 g/mol. The lowest BCUT2D eigenvalue weighted by Crippen LogP contribution is -2.45. The van der Waals surface area contributed by atoms with Gasteiger partial charge >= 0.3 is 6.09 Å². The van der Waals surface area contributed by atoms with Gasteiger partial charge in [0.2, 0.25) is 0 Å². The summed E-state index contributed by atoms with van der Waals surface area (Å²) in [6.07, 6.45) is 6.98. The average Bonchev–Trinajstić information content (AvgIpc) is 3.08. The smallest absolute Gasteiger partial charge is 0.411 e. The molecule has 0 aromatic heterocycles. The Morgan fingerprint density at radius 1 is 1.08 bits per heavy atom. The molecule has 200 valence electrons. The van der Waals surface area contributed by atoms with Crippen molar-refractivity contribution in [3.63, 3.8) is 0 Å². The van der Waals surface area contributed by atoms with Crippen molar-refractivity contribution in [3.8, 4) is 0 Å². The molecule has 3 aliphatic rings. The number of carbonyl (C=O) groups excluding carboxylic acids is 1. The maximum absolute atomic E-state index is 13.1. The van der Waals surface area contributed by atoms with Gasteiger partial charge in [-0.3, -0.25) is 15.2 Å². The molecule has 1 aliphatic carbocycles. The Morgan fingerprint density at radius 3 is 2.69 bits per heavy atom. The van der Waals surface area contributed by atoms with Gasteiger partial charge < -0.3 is 4.74 Å². The maximum atomic E-state index is 13.1. The Hall–Kier alpha value is -3.77. The van der Waals surface area contributed by atoms with Gasteiger partial charge in [-0.25, -0.2) is 4.79 Å². The van der Waals surface area contributed by atoms with E-state index in [1.807, 2.05) is 45.2 Å². The first-order chi connectivity index (χ1) is 18.8. The monoisotopic (exact) mass is 540 g/mol. The second kappa shape index (κ2) is 10.1. The topological polar surface area (TPSA) is 57.2 Å². The number of amidine groups is 1. The van der Waals surface area contributed by atoms with E-state index in [-0.39, 0.29) is 6.09 Å². The van der Waals surface area contributed by atoms with Crippen molar-refractivity contribution in [1.29, 1.82) is 0 Å². The summed E-state index contributed by atoms with van der Waals surface area (Å²) in [7, 11) is 0. The molecule has 1 amide bonds. The van der Waals surface area contributed by atoms with E-state index in [4.69, 9.17) is 16.3 Å². The number of carbonyl (C=O) groups is 1. The van der Waals surface area contributed by atoms with Gasteiger partial charge in [0.15, 0.2) is 5.84 Å². The molecular formula is C32H33ClN4O2. The van der Waals surface area contributed by atoms with Gasteiger partial charge in [0.05, 0.1) is 18.8 Å². The summed E-state index contributed by atoms with van der Waals surface area (Å²) >= 11 is 6.42. The van der Waals surface area contributed by atoms with Crippen LogP contribution in [0.15, 0.2) is 83.7 Å². The number of halogens is 1. The number of hydrazone groups is 1. The highest BCUT2D eigenvalue weighted by Gasteiger charge is 2.36. The zero-order valence-corrected chi connectivity index (χ0v) is 23.3. The summed E-state index contributed by atoms with van der Waals surface area (Å²) in [5.74, 6) is 1.07. The Balaban J connectivity index is 1.30. The molecule has 0 spiro atoms. The highest BCUT2D eigenvalue weighted by atomic mass is 35.5. The first kappa shape index (κ1) is 25.5. The lowest BCUT2D eigenvalue weighted by Gasteiger charge is -2.36. The van der Waals surface area contributed by atoms with Crippen molar-refractivity contribution in [3.05, 3.63) is 94.8 Å². The summed E-state index contributed by atoms with van der Waals surface area (Å²) < 4.78 is 5.72. The Bertz CT molecular complexity index is 1530. The molecule has 0 bridgehead atoms. The lowest BCUT2D eigenvalue weighted by molar-refractivity contribution is 0.0265. The van der Waals surface area contributed by atoms with Crippen LogP contribution in [0.5, 0.6) is 0 Å².